The molecular formula is C8H18N2O. The Morgan fingerprint density at radius 2 is 2.45 bits per heavy atom. The highest BCUT2D eigenvalue weighted by molar-refractivity contribution is 4.85. The van der Waals surface area contributed by atoms with Crippen molar-refractivity contribution >= 4 is 0 Å². The SMILES string of the molecule is CNC1CCCNC1COC. The monoisotopic (exact) mass is 158 g/mol. The van der Waals surface area contributed by atoms with Crippen LogP contribution in [0.25, 0.3) is 0 Å². The van der Waals surface area contributed by atoms with E-state index in [4.69, 9.17) is 4.74 Å². The number of methoxy groups -OCH3 is 1. The first-order valence-electron chi connectivity index (χ1n) is 4.28. The Bertz CT molecular complexity index is 106. The average molecular weight is 158 g/mol. The number of rotatable bonds is 3. The molecule has 1 aliphatic heterocycles. The van der Waals surface area contributed by atoms with E-state index in [1.807, 2.05) is 7.05 Å². The number of hydrogen-bond acceptors (Lipinski definition) is 3. The summed E-state index contributed by atoms with van der Waals surface area (Å²) in [5, 5.41) is 6.73. The standard InChI is InChI=1S/C8H18N2O/c1-9-7-4-3-5-10-8(7)6-11-2/h7-10H,3-6H2,1-2H3. The smallest absolute Gasteiger partial charge is 0.0631 e. The highest BCUT2D eigenvalue weighted by Crippen LogP contribution is 2.07. The van der Waals surface area contributed by atoms with Gasteiger partial charge in [0.05, 0.1) is 6.61 Å². The maximum atomic E-state index is 5.11. The Balaban J connectivity index is 2.31. The van der Waals surface area contributed by atoms with E-state index >= 15 is 0 Å². The average Bonchev–Trinajstić information content (AvgIpc) is 2.06. The Hall–Kier alpha value is -0.120. The number of hydrogen-bond donors (Lipinski definition) is 2. The van der Waals surface area contributed by atoms with E-state index in [9.17, 15) is 0 Å². The predicted molar refractivity (Wildman–Crippen MR) is 45.7 cm³/mol. The van der Waals surface area contributed by atoms with Crippen molar-refractivity contribution in [3.63, 3.8) is 0 Å². The first-order valence-corrected chi connectivity index (χ1v) is 4.28. The highest BCUT2D eigenvalue weighted by Gasteiger charge is 2.22. The molecule has 1 aliphatic rings. The van der Waals surface area contributed by atoms with E-state index in [1.165, 1.54) is 12.8 Å². The Morgan fingerprint density at radius 3 is 3.09 bits per heavy atom. The molecule has 2 atom stereocenters. The number of ether oxygens (including phenoxy) is 1. The van der Waals surface area contributed by atoms with Crippen LogP contribution in [-0.2, 0) is 4.74 Å². The molecule has 0 spiro atoms. The van der Waals surface area contributed by atoms with E-state index in [0.717, 1.165) is 13.2 Å². The first kappa shape index (κ1) is 8.97. The summed E-state index contributed by atoms with van der Waals surface area (Å²) in [4.78, 5) is 0. The summed E-state index contributed by atoms with van der Waals surface area (Å²) in [6.45, 7) is 1.94. The molecule has 2 N–H and O–H groups in total. The summed E-state index contributed by atoms with van der Waals surface area (Å²) in [6.07, 6.45) is 2.53. The van der Waals surface area contributed by atoms with Crippen LogP contribution in [0.4, 0.5) is 0 Å². The van der Waals surface area contributed by atoms with Crippen molar-refractivity contribution in [2.24, 2.45) is 0 Å². The fraction of sp³-hybridized carbons (Fsp3) is 1.00. The third-order valence-electron chi connectivity index (χ3n) is 2.30. The van der Waals surface area contributed by atoms with Gasteiger partial charge in [-0.25, -0.2) is 0 Å². The lowest BCUT2D eigenvalue weighted by molar-refractivity contribution is 0.136. The van der Waals surface area contributed by atoms with Crippen molar-refractivity contribution in [2.75, 3.05) is 27.3 Å². The van der Waals surface area contributed by atoms with Gasteiger partial charge in [0.1, 0.15) is 0 Å². The second-order valence-corrected chi connectivity index (χ2v) is 3.05. The van der Waals surface area contributed by atoms with Gasteiger partial charge in [-0.3, -0.25) is 0 Å². The van der Waals surface area contributed by atoms with Crippen LogP contribution in [0.1, 0.15) is 12.8 Å². The minimum absolute atomic E-state index is 0.499. The van der Waals surface area contributed by atoms with Gasteiger partial charge >= 0.3 is 0 Å². The van der Waals surface area contributed by atoms with Crippen molar-refractivity contribution in [2.45, 2.75) is 24.9 Å². The molecular weight excluding hydrogens is 140 g/mol. The van der Waals surface area contributed by atoms with Crippen LogP contribution in [-0.4, -0.2) is 39.4 Å². The summed E-state index contributed by atoms with van der Waals surface area (Å²) < 4.78 is 5.11. The second-order valence-electron chi connectivity index (χ2n) is 3.05. The van der Waals surface area contributed by atoms with Crippen LogP contribution in [0.15, 0.2) is 0 Å². The summed E-state index contributed by atoms with van der Waals surface area (Å²) in [7, 11) is 3.77. The molecule has 0 aromatic rings. The van der Waals surface area contributed by atoms with Gasteiger partial charge in [0, 0.05) is 19.2 Å². The lowest BCUT2D eigenvalue weighted by atomic mass is 9.99. The number of nitrogens with one attached hydrogen (secondary N) is 2. The van der Waals surface area contributed by atoms with E-state index in [1.54, 1.807) is 7.11 Å². The zero-order valence-corrected chi connectivity index (χ0v) is 7.39. The molecule has 66 valence electrons. The normalized spacial score (nSPS) is 32.2. The zero-order chi connectivity index (χ0) is 8.10. The molecule has 0 amide bonds. The van der Waals surface area contributed by atoms with Crippen LogP contribution in [0.2, 0.25) is 0 Å². The second kappa shape index (κ2) is 4.70. The topological polar surface area (TPSA) is 33.3 Å². The lowest BCUT2D eigenvalue weighted by Gasteiger charge is -2.31. The predicted octanol–water partition coefficient (Wildman–Crippen LogP) is -0.0272. The third-order valence-corrected chi connectivity index (χ3v) is 2.30. The van der Waals surface area contributed by atoms with Gasteiger partial charge in [-0.1, -0.05) is 0 Å². The Kier molecular flexibility index (Phi) is 3.83. The largest absolute Gasteiger partial charge is 0.383 e. The lowest BCUT2D eigenvalue weighted by Crippen LogP contribution is -2.52. The molecule has 1 saturated heterocycles. The Morgan fingerprint density at radius 1 is 1.64 bits per heavy atom. The summed E-state index contributed by atoms with van der Waals surface area (Å²) in [5.74, 6) is 0. The van der Waals surface area contributed by atoms with Gasteiger partial charge in [-0.05, 0) is 26.4 Å². The molecule has 0 aromatic heterocycles. The molecule has 1 rings (SSSR count). The van der Waals surface area contributed by atoms with Crippen LogP contribution >= 0.6 is 0 Å². The van der Waals surface area contributed by atoms with Gasteiger partial charge in [0.15, 0.2) is 0 Å². The highest BCUT2D eigenvalue weighted by atomic mass is 16.5. The molecule has 1 fully saturated rings. The van der Waals surface area contributed by atoms with Crippen molar-refractivity contribution in [1.82, 2.24) is 10.6 Å². The van der Waals surface area contributed by atoms with Crippen molar-refractivity contribution in [3.8, 4) is 0 Å². The van der Waals surface area contributed by atoms with Crippen LogP contribution in [0, 0.1) is 0 Å². The Labute approximate surface area is 68.5 Å². The quantitative estimate of drug-likeness (QED) is 0.605. The third kappa shape index (κ3) is 2.43. The summed E-state index contributed by atoms with van der Waals surface area (Å²) >= 11 is 0. The minimum Gasteiger partial charge on any atom is -0.383 e. The number of likely N-dealkylation sites (N-methyl/N-ethyl adjacent to an activating group) is 1. The minimum atomic E-state index is 0.499. The maximum absolute atomic E-state index is 5.11. The van der Waals surface area contributed by atoms with Crippen LogP contribution in [0.3, 0.4) is 0 Å². The maximum Gasteiger partial charge on any atom is 0.0631 e. The van der Waals surface area contributed by atoms with Crippen molar-refractivity contribution in [3.05, 3.63) is 0 Å². The molecule has 3 heteroatoms. The molecule has 0 aliphatic carbocycles. The van der Waals surface area contributed by atoms with Crippen molar-refractivity contribution < 1.29 is 4.74 Å². The van der Waals surface area contributed by atoms with E-state index in [2.05, 4.69) is 10.6 Å². The van der Waals surface area contributed by atoms with Crippen LogP contribution in [0.5, 0.6) is 0 Å². The zero-order valence-electron chi connectivity index (χ0n) is 7.39. The van der Waals surface area contributed by atoms with Gasteiger partial charge in [-0.15, -0.1) is 0 Å². The molecule has 0 aromatic carbocycles. The van der Waals surface area contributed by atoms with Gasteiger partial charge < -0.3 is 15.4 Å². The molecule has 0 radical (unpaired) electrons. The summed E-state index contributed by atoms with van der Waals surface area (Å²) in [6, 6.07) is 1.09. The molecule has 3 nitrogen and oxygen atoms in total. The molecule has 0 saturated carbocycles. The van der Waals surface area contributed by atoms with Crippen molar-refractivity contribution in [1.29, 1.82) is 0 Å². The van der Waals surface area contributed by atoms with Crippen LogP contribution < -0.4 is 10.6 Å². The van der Waals surface area contributed by atoms with E-state index < -0.39 is 0 Å². The molecule has 0 bridgehead atoms. The van der Waals surface area contributed by atoms with Gasteiger partial charge in [0.2, 0.25) is 0 Å². The molecule has 11 heavy (non-hydrogen) atoms. The van der Waals surface area contributed by atoms with Gasteiger partial charge in [0.25, 0.3) is 0 Å². The molecule has 1 heterocycles. The van der Waals surface area contributed by atoms with E-state index in [0.29, 0.717) is 12.1 Å². The van der Waals surface area contributed by atoms with Gasteiger partial charge in [-0.2, -0.15) is 0 Å². The molecule has 2 unspecified atom stereocenters. The summed E-state index contributed by atoms with van der Waals surface area (Å²) in [5.41, 5.74) is 0. The first-order chi connectivity index (χ1) is 5.38. The fourth-order valence-electron chi connectivity index (χ4n) is 1.65. The number of piperidine rings is 1. The van der Waals surface area contributed by atoms with E-state index in [-0.39, 0.29) is 0 Å². The fourth-order valence-corrected chi connectivity index (χ4v) is 1.65.